The first-order chi connectivity index (χ1) is 8.11. The van der Waals surface area contributed by atoms with Crippen molar-refractivity contribution in [1.82, 2.24) is 5.32 Å². The van der Waals surface area contributed by atoms with Crippen LogP contribution in [0.5, 0.6) is 0 Å². The van der Waals surface area contributed by atoms with Gasteiger partial charge in [-0.15, -0.1) is 0 Å². The SMILES string of the molecule is CNC(=O)c1ccc(N2CC(Br)CC2=O)cc1. The second-order valence-electron chi connectivity index (χ2n) is 3.93. The quantitative estimate of drug-likeness (QED) is 0.842. The lowest BCUT2D eigenvalue weighted by Crippen LogP contribution is -2.24. The van der Waals surface area contributed by atoms with E-state index in [0.29, 0.717) is 18.5 Å². The molecule has 5 heteroatoms. The zero-order valence-corrected chi connectivity index (χ0v) is 11.0. The van der Waals surface area contributed by atoms with E-state index in [1.165, 1.54) is 0 Å². The van der Waals surface area contributed by atoms with Crippen LogP contribution in [0.2, 0.25) is 0 Å². The number of nitrogens with zero attached hydrogens (tertiary/aromatic N) is 1. The predicted molar refractivity (Wildman–Crippen MR) is 69.5 cm³/mol. The molecule has 0 bridgehead atoms. The van der Waals surface area contributed by atoms with Crippen molar-refractivity contribution in [1.29, 1.82) is 0 Å². The Morgan fingerprint density at radius 3 is 2.53 bits per heavy atom. The molecule has 0 saturated carbocycles. The number of alkyl halides is 1. The summed E-state index contributed by atoms with van der Waals surface area (Å²) in [4.78, 5) is 25.0. The summed E-state index contributed by atoms with van der Waals surface area (Å²) in [5, 5.41) is 2.56. The van der Waals surface area contributed by atoms with Crippen molar-refractivity contribution in [3.8, 4) is 0 Å². The Balaban J connectivity index is 2.18. The van der Waals surface area contributed by atoms with Gasteiger partial charge in [0.2, 0.25) is 5.91 Å². The average Bonchev–Trinajstić information content (AvgIpc) is 2.68. The lowest BCUT2D eigenvalue weighted by molar-refractivity contribution is -0.117. The first-order valence-corrected chi connectivity index (χ1v) is 6.30. The number of benzene rings is 1. The van der Waals surface area contributed by atoms with Crippen LogP contribution in [-0.4, -0.2) is 30.2 Å². The molecule has 1 aliphatic rings. The van der Waals surface area contributed by atoms with Crippen molar-refractivity contribution >= 4 is 33.4 Å². The minimum Gasteiger partial charge on any atom is -0.355 e. The molecule has 0 aliphatic carbocycles. The molecular formula is C12H13BrN2O2. The van der Waals surface area contributed by atoms with Crippen LogP contribution in [0.15, 0.2) is 24.3 Å². The summed E-state index contributed by atoms with van der Waals surface area (Å²) in [6.07, 6.45) is 0.525. The standard InChI is InChI=1S/C12H13BrN2O2/c1-14-12(17)8-2-4-10(5-3-8)15-7-9(13)6-11(15)16/h2-5,9H,6-7H2,1H3,(H,14,17). The molecule has 0 spiro atoms. The van der Waals surface area contributed by atoms with Crippen LogP contribution in [0.25, 0.3) is 0 Å². The number of amides is 2. The van der Waals surface area contributed by atoms with Crippen molar-refractivity contribution in [2.24, 2.45) is 0 Å². The molecule has 4 nitrogen and oxygen atoms in total. The molecule has 1 atom stereocenters. The number of carbonyl (C=O) groups excluding carboxylic acids is 2. The lowest BCUT2D eigenvalue weighted by atomic mass is 10.2. The first kappa shape index (κ1) is 12.1. The highest BCUT2D eigenvalue weighted by molar-refractivity contribution is 9.09. The van der Waals surface area contributed by atoms with E-state index in [2.05, 4.69) is 21.2 Å². The van der Waals surface area contributed by atoms with Gasteiger partial charge in [0.25, 0.3) is 5.91 Å². The fraction of sp³-hybridized carbons (Fsp3) is 0.333. The largest absolute Gasteiger partial charge is 0.355 e. The summed E-state index contributed by atoms with van der Waals surface area (Å²) < 4.78 is 0. The number of carbonyl (C=O) groups is 2. The Hall–Kier alpha value is -1.36. The summed E-state index contributed by atoms with van der Waals surface area (Å²) in [5.74, 6) is -0.0118. The van der Waals surface area contributed by atoms with Crippen LogP contribution in [-0.2, 0) is 4.79 Å². The molecule has 1 fully saturated rings. The van der Waals surface area contributed by atoms with Crippen LogP contribution in [0.4, 0.5) is 5.69 Å². The molecule has 2 amide bonds. The number of hydrogen-bond donors (Lipinski definition) is 1. The monoisotopic (exact) mass is 296 g/mol. The van der Waals surface area contributed by atoms with E-state index in [1.807, 2.05) is 0 Å². The van der Waals surface area contributed by atoms with Gasteiger partial charge in [-0.3, -0.25) is 9.59 Å². The topological polar surface area (TPSA) is 49.4 Å². The zero-order chi connectivity index (χ0) is 12.4. The van der Waals surface area contributed by atoms with Crippen LogP contribution in [0.1, 0.15) is 16.8 Å². The van der Waals surface area contributed by atoms with Gasteiger partial charge in [-0.2, -0.15) is 0 Å². The summed E-state index contributed by atoms with van der Waals surface area (Å²) >= 11 is 3.44. The van der Waals surface area contributed by atoms with Crippen molar-refractivity contribution in [2.45, 2.75) is 11.2 Å². The second kappa shape index (κ2) is 4.87. The third-order valence-electron chi connectivity index (χ3n) is 2.75. The number of rotatable bonds is 2. The van der Waals surface area contributed by atoms with Crippen LogP contribution in [0, 0.1) is 0 Å². The summed E-state index contributed by atoms with van der Waals surface area (Å²) in [7, 11) is 1.59. The van der Waals surface area contributed by atoms with Gasteiger partial charge in [-0.25, -0.2) is 0 Å². The van der Waals surface area contributed by atoms with Crippen molar-refractivity contribution in [3.05, 3.63) is 29.8 Å². The summed E-state index contributed by atoms with van der Waals surface area (Å²) in [6.45, 7) is 0.679. The van der Waals surface area contributed by atoms with E-state index in [9.17, 15) is 9.59 Å². The zero-order valence-electron chi connectivity index (χ0n) is 9.44. The fourth-order valence-electron chi connectivity index (χ4n) is 1.85. The Bertz CT molecular complexity index is 444. The highest BCUT2D eigenvalue weighted by Gasteiger charge is 2.28. The van der Waals surface area contributed by atoms with E-state index in [0.717, 1.165) is 5.69 Å². The molecule has 1 saturated heterocycles. The van der Waals surface area contributed by atoms with Crippen LogP contribution < -0.4 is 10.2 Å². The smallest absolute Gasteiger partial charge is 0.251 e. The van der Waals surface area contributed by atoms with Crippen LogP contribution in [0.3, 0.4) is 0 Å². The lowest BCUT2D eigenvalue weighted by Gasteiger charge is -2.16. The van der Waals surface area contributed by atoms with Gasteiger partial charge in [0.05, 0.1) is 0 Å². The normalized spacial score (nSPS) is 19.5. The van der Waals surface area contributed by atoms with E-state index in [-0.39, 0.29) is 16.6 Å². The van der Waals surface area contributed by atoms with Crippen LogP contribution >= 0.6 is 15.9 Å². The third-order valence-corrected chi connectivity index (χ3v) is 3.36. The highest BCUT2D eigenvalue weighted by Crippen LogP contribution is 2.25. The van der Waals surface area contributed by atoms with Gasteiger partial charge in [0.1, 0.15) is 0 Å². The maximum absolute atomic E-state index is 11.7. The summed E-state index contributed by atoms with van der Waals surface area (Å²) in [5.41, 5.74) is 1.43. The Labute approximate surface area is 108 Å². The van der Waals surface area contributed by atoms with Crippen molar-refractivity contribution < 1.29 is 9.59 Å². The van der Waals surface area contributed by atoms with Crippen molar-refractivity contribution in [2.75, 3.05) is 18.5 Å². The molecule has 0 aromatic heterocycles. The Morgan fingerprint density at radius 2 is 2.06 bits per heavy atom. The molecule has 1 heterocycles. The van der Waals surface area contributed by atoms with E-state index < -0.39 is 0 Å². The average molecular weight is 297 g/mol. The first-order valence-electron chi connectivity index (χ1n) is 5.38. The number of hydrogen-bond acceptors (Lipinski definition) is 2. The molecule has 1 unspecified atom stereocenters. The van der Waals surface area contributed by atoms with Gasteiger partial charge in [-0.1, -0.05) is 15.9 Å². The fourth-order valence-corrected chi connectivity index (χ4v) is 2.42. The van der Waals surface area contributed by atoms with Crippen molar-refractivity contribution in [3.63, 3.8) is 0 Å². The molecular weight excluding hydrogens is 284 g/mol. The van der Waals surface area contributed by atoms with E-state index in [4.69, 9.17) is 0 Å². The van der Waals surface area contributed by atoms with Gasteiger partial charge >= 0.3 is 0 Å². The molecule has 1 aliphatic heterocycles. The molecule has 90 valence electrons. The third kappa shape index (κ3) is 2.49. The maximum Gasteiger partial charge on any atom is 0.251 e. The molecule has 1 N–H and O–H groups in total. The minimum atomic E-state index is -0.123. The number of halogens is 1. The summed E-state index contributed by atoms with van der Waals surface area (Å²) in [6, 6.07) is 7.05. The van der Waals surface area contributed by atoms with E-state index in [1.54, 1.807) is 36.2 Å². The Kier molecular flexibility index (Phi) is 3.47. The van der Waals surface area contributed by atoms with Gasteiger partial charge < -0.3 is 10.2 Å². The maximum atomic E-state index is 11.7. The number of anilines is 1. The van der Waals surface area contributed by atoms with Gasteiger partial charge in [-0.05, 0) is 24.3 Å². The highest BCUT2D eigenvalue weighted by atomic mass is 79.9. The molecule has 17 heavy (non-hydrogen) atoms. The molecule has 1 aromatic rings. The molecule has 2 rings (SSSR count). The number of nitrogens with one attached hydrogen (secondary N) is 1. The molecule has 0 radical (unpaired) electrons. The molecule has 1 aromatic carbocycles. The Morgan fingerprint density at radius 1 is 1.41 bits per heavy atom. The second-order valence-corrected chi connectivity index (χ2v) is 5.23. The van der Waals surface area contributed by atoms with Gasteiger partial charge in [0, 0.05) is 36.1 Å². The van der Waals surface area contributed by atoms with Gasteiger partial charge in [0.15, 0.2) is 0 Å². The predicted octanol–water partition coefficient (Wildman–Crippen LogP) is 1.55. The van der Waals surface area contributed by atoms with E-state index >= 15 is 0 Å². The minimum absolute atomic E-state index is 0.111.